The molecule has 2 N–H and O–H groups in total. The lowest BCUT2D eigenvalue weighted by atomic mass is 10.0. The van der Waals surface area contributed by atoms with Gasteiger partial charge in [-0.25, -0.2) is 0 Å². The first-order valence-corrected chi connectivity index (χ1v) is 7.47. The zero-order valence-electron chi connectivity index (χ0n) is 12.7. The van der Waals surface area contributed by atoms with Crippen LogP contribution >= 0.6 is 0 Å². The highest BCUT2D eigenvalue weighted by Crippen LogP contribution is 2.23. The van der Waals surface area contributed by atoms with Crippen molar-refractivity contribution in [3.05, 3.63) is 29.7 Å². The van der Waals surface area contributed by atoms with Crippen molar-refractivity contribution in [3.63, 3.8) is 0 Å². The SMILES string of the molecule is Cc1noc(C(C)N2CCC(NC(=O)c3cn[nH]c3)CC2)n1. The van der Waals surface area contributed by atoms with Gasteiger partial charge in [-0.3, -0.25) is 14.8 Å². The Morgan fingerprint density at radius 2 is 2.27 bits per heavy atom. The lowest BCUT2D eigenvalue weighted by Crippen LogP contribution is -2.45. The Labute approximate surface area is 128 Å². The smallest absolute Gasteiger partial charge is 0.254 e. The van der Waals surface area contributed by atoms with Gasteiger partial charge in [0.15, 0.2) is 5.82 Å². The molecule has 2 aromatic rings. The fourth-order valence-corrected chi connectivity index (χ4v) is 2.71. The monoisotopic (exact) mass is 304 g/mol. The second-order valence-electron chi connectivity index (χ2n) is 5.63. The Kier molecular flexibility index (Phi) is 4.19. The summed E-state index contributed by atoms with van der Waals surface area (Å²) >= 11 is 0. The van der Waals surface area contributed by atoms with Gasteiger partial charge >= 0.3 is 0 Å². The average molecular weight is 304 g/mol. The number of hydrogen-bond donors (Lipinski definition) is 2. The highest BCUT2D eigenvalue weighted by Gasteiger charge is 2.27. The lowest BCUT2D eigenvalue weighted by molar-refractivity contribution is 0.0881. The fraction of sp³-hybridized carbons (Fsp3) is 0.571. The minimum absolute atomic E-state index is 0.0761. The van der Waals surface area contributed by atoms with Crippen LogP contribution in [0.2, 0.25) is 0 Å². The summed E-state index contributed by atoms with van der Waals surface area (Å²) in [6.07, 6.45) is 4.94. The van der Waals surface area contributed by atoms with E-state index in [0.29, 0.717) is 17.3 Å². The first-order valence-electron chi connectivity index (χ1n) is 7.47. The van der Waals surface area contributed by atoms with E-state index in [9.17, 15) is 4.79 Å². The molecule has 0 saturated carbocycles. The van der Waals surface area contributed by atoms with Crippen molar-refractivity contribution >= 4 is 5.91 Å². The number of rotatable bonds is 4. The van der Waals surface area contributed by atoms with Crippen LogP contribution in [0.4, 0.5) is 0 Å². The van der Waals surface area contributed by atoms with Gasteiger partial charge in [-0.1, -0.05) is 5.16 Å². The molecule has 1 fully saturated rings. The predicted octanol–water partition coefficient (Wildman–Crippen LogP) is 1.06. The lowest BCUT2D eigenvalue weighted by Gasteiger charge is -2.34. The molecule has 22 heavy (non-hydrogen) atoms. The van der Waals surface area contributed by atoms with E-state index in [-0.39, 0.29) is 18.0 Å². The predicted molar refractivity (Wildman–Crippen MR) is 78.1 cm³/mol. The van der Waals surface area contributed by atoms with E-state index in [1.54, 1.807) is 6.20 Å². The molecule has 1 aliphatic rings. The number of aryl methyl sites for hydroxylation is 1. The maximum absolute atomic E-state index is 12.0. The maximum atomic E-state index is 12.0. The number of aromatic amines is 1. The molecular formula is C14H20N6O2. The van der Waals surface area contributed by atoms with E-state index in [0.717, 1.165) is 25.9 Å². The third-order valence-corrected chi connectivity index (χ3v) is 4.07. The number of nitrogens with zero attached hydrogens (tertiary/aromatic N) is 4. The number of carbonyl (C=O) groups is 1. The number of likely N-dealkylation sites (tertiary alicyclic amines) is 1. The molecule has 8 heteroatoms. The van der Waals surface area contributed by atoms with Gasteiger partial charge in [-0.2, -0.15) is 10.1 Å². The summed E-state index contributed by atoms with van der Waals surface area (Å²) in [6, 6.07) is 0.294. The standard InChI is InChI=1S/C14H20N6O2/c1-9(14-17-10(2)19-22-14)20-5-3-12(4-6-20)18-13(21)11-7-15-16-8-11/h7-9,12H,3-6H2,1-2H3,(H,15,16)(H,18,21). The zero-order valence-corrected chi connectivity index (χ0v) is 12.7. The van der Waals surface area contributed by atoms with E-state index >= 15 is 0 Å². The van der Waals surface area contributed by atoms with Crippen molar-refractivity contribution in [2.75, 3.05) is 13.1 Å². The number of hydrogen-bond acceptors (Lipinski definition) is 6. The summed E-state index contributed by atoms with van der Waals surface area (Å²) in [5.74, 6) is 1.23. The molecule has 1 amide bonds. The van der Waals surface area contributed by atoms with E-state index in [1.165, 1.54) is 6.20 Å². The van der Waals surface area contributed by atoms with Crippen LogP contribution in [0.1, 0.15) is 47.9 Å². The minimum atomic E-state index is -0.0761. The second kappa shape index (κ2) is 6.27. The molecule has 0 aliphatic carbocycles. The van der Waals surface area contributed by atoms with Crippen molar-refractivity contribution in [1.82, 2.24) is 30.6 Å². The highest BCUT2D eigenvalue weighted by atomic mass is 16.5. The van der Waals surface area contributed by atoms with Crippen LogP contribution in [0.5, 0.6) is 0 Å². The van der Waals surface area contributed by atoms with Crippen molar-refractivity contribution in [2.45, 2.75) is 38.8 Å². The molecule has 0 radical (unpaired) electrons. The Morgan fingerprint density at radius 1 is 1.50 bits per heavy atom. The molecule has 0 spiro atoms. The number of aromatic nitrogens is 4. The molecule has 118 valence electrons. The van der Waals surface area contributed by atoms with Crippen molar-refractivity contribution in [2.24, 2.45) is 0 Å². The van der Waals surface area contributed by atoms with Crippen LogP contribution in [-0.2, 0) is 0 Å². The maximum Gasteiger partial charge on any atom is 0.254 e. The van der Waals surface area contributed by atoms with Crippen molar-refractivity contribution in [3.8, 4) is 0 Å². The van der Waals surface area contributed by atoms with Gasteiger partial charge in [0.05, 0.1) is 17.8 Å². The fourth-order valence-electron chi connectivity index (χ4n) is 2.71. The summed E-state index contributed by atoms with van der Waals surface area (Å²) in [5.41, 5.74) is 0.567. The van der Waals surface area contributed by atoms with Crippen LogP contribution in [0.15, 0.2) is 16.9 Å². The molecule has 1 unspecified atom stereocenters. The molecule has 8 nitrogen and oxygen atoms in total. The summed E-state index contributed by atoms with van der Waals surface area (Å²) in [6.45, 7) is 5.66. The molecule has 1 aliphatic heterocycles. The quantitative estimate of drug-likeness (QED) is 0.876. The van der Waals surface area contributed by atoms with Crippen LogP contribution < -0.4 is 5.32 Å². The first kappa shape index (κ1) is 14.7. The van der Waals surface area contributed by atoms with Gasteiger partial charge in [0.25, 0.3) is 5.91 Å². The molecule has 0 aromatic carbocycles. The third kappa shape index (κ3) is 3.16. The summed E-state index contributed by atoms with van der Waals surface area (Å²) < 4.78 is 5.24. The van der Waals surface area contributed by atoms with Crippen LogP contribution in [0.3, 0.4) is 0 Å². The van der Waals surface area contributed by atoms with E-state index in [1.807, 2.05) is 6.92 Å². The molecule has 3 heterocycles. The molecule has 2 aromatic heterocycles. The van der Waals surface area contributed by atoms with Gasteiger partial charge in [-0.05, 0) is 26.7 Å². The van der Waals surface area contributed by atoms with Gasteiger partial charge in [0, 0.05) is 25.3 Å². The first-order chi connectivity index (χ1) is 10.6. The Bertz CT molecular complexity index is 615. The average Bonchev–Trinajstić information content (AvgIpc) is 3.18. The zero-order chi connectivity index (χ0) is 15.5. The minimum Gasteiger partial charge on any atom is -0.349 e. The number of H-pyrrole nitrogens is 1. The third-order valence-electron chi connectivity index (χ3n) is 4.07. The molecule has 3 rings (SSSR count). The highest BCUT2D eigenvalue weighted by molar-refractivity contribution is 5.93. The molecule has 1 atom stereocenters. The van der Waals surface area contributed by atoms with E-state index in [2.05, 4.69) is 37.5 Å². The Hall–Kier alpha value is -2.22. The number of carbonyl (C=O) groups excluding carboxylic acids is 1. The Morgan fingerprint density at radius 3 is 2.86 bits per heavy atom. The number of piperidine rings is 1. The van der Waals surface area contributed by atoms with Crippen molar-refractivity contribution in [1.29, 1.82) is 0 Å². The summed E-state index contributed by atoms with van der Waals surface area (Å²) in [4.78, 5) is 18.6. The van der Waals surface area contributed by atoms with E-state index in [4.69, 9.17) is 4.52 Å². The molecule has 0 bridgehead atoms. The summed E-state index contributed by atoms with van der Waals surface area (Å²) in [7, 11) is 0. The van der Waals surface area contributed by atoms with Gasteiger partial charge in [0.2, 0.25) is 5.89 Å². The molecular weight excluding hydrogens is 284 g/mol. The number of nitrogens with one attached hydrogen (secondary N) is 2. The summed E-state index contributed by atoms with van der Waals surface area (Å²) in [5, 5.41) is 13.3. The number of amides is 1. The van der Waals surface area contributed by atoms with Gasteiger partial charge < -0.3 is 9.84 Å². The van der Waals surface area contributed by atoms with Gasteiger partial charge in [0.1, 0.15) is 0 Å². The van der Waals surface area contributed by atoms with Gasteiger partial charge in [-0.15, -0.1) is 0 Å². The normalized spacial score (nSPS) is 18.3. The van der Waals surface area contributed by atoms with E-state index < -0.39 is 0 Å². The topological polar surface area (TPSA) is 99.9 Å². The van der Waals surface area contributed by atoms with Crippen LogP contribution in [-0.4, -0.2) is 50.3 Å². The van der Waals surface area contributed by atoms with Crippen molar-refractivity contribution < 1.29 is 9.32 Å². The molecule has 1 saturated heterocycles. The van der Waals surface area contributed by atoms with Crippen LogP contribution in [0.25, 0.3) is 0 Å². The largest absolute Gasteiger partial charge is 0.349 e. The Balaban J connectivity index is 1.51. The van der Waals surface area contributed by atoms with Crippen LogP contribution in [0, 0.1) is 6.92 Å². The second-order valence-corrected chi connectivity index (χ2v) is 5.63.